The third kappa shape index (κ3) is 6.07. The van der Waals surface area contributed by atoms with Crippen molar-refractivity contribution in [3.05, 3.63) is 185 Å². The summed E-state index contributed by atoms with van der Waals surface area (Å²) in [4.78, 5) is 18.7. The quantitative estimate of drug-likeness (QED) is 0.157. The zero-order valence-electron chi connectivity index (χ0n) is 31.0. The highest BCUT2D eigenvalue weighted by Crippen LogP contribution is 2.45. The van der Waals surface area contributed by atoms with Gasteiger partial charge >= 0.3 is 0 Å². The van der Waals surface area contributed by atoms with Crippen LogP contribution >= 0.6 is 0 Å². The molecule has 0 N–H and O–H groups in total. The van der Waals surface area contributed by atoms with Crippen molar-refractivity contribution in [1.29, 1.82) is 15.8 Å². The molecule has 0 aliphatic carbocycles. The number of benzene rings is 7. The van der Waals surface area contributed by atoms with Gasteiger partial charge in [0, 0.05) is 49.7 Å². The largest absolute Gasteiger partial charge is 0.308 e. The zero-order chi connectivity index (χ0) is 39.8. The molecule has 7 aromatic carbocycles. The summed E-state index contributed by atoms with van der Waals surface area (Å²) in [7, 11) is 0. The van der Waals surface area contributed by atoms with E-state index in [9.17, 15) is 15.8 Å². The first-order chi connectivity index (χ1) is 28.5. The maximum atomic E-state index is 10.7. The Morgan fingerprint density at radius 2 is 1.05 bits per heavy atom. The second-order valence-electron chi connectivity index (χ2n) is 13.8. The van der Waals surface area contributed by atoms with Gasteiger partial charge in [-0.15, -0.1) is 0 Å². The third-order valence-corrected chi connectivity index (χ3v) is 10.2. The number of hydrogen-bond donors (Lipinski definition) is 0. The SMILES string of the molecule is [C-]#[N+]c1ccc(-c2cc(-c3nc(-c4ccccc4)nc(-c4ccccc4)n3)cc(-c3ccc(C#N)cc3C#N)c2-n2c3ccccc3c3cc(C)ccc32)c(C#N)c1. The smallest absolute Gasteiger partial charge is 0.188 e. The van der Waals surface area contributed by atoms with Crippen molar-refractivity contribution in [2.24, 2.45) is 0 Å². The van der Waals surface area contributed by atoms with Crippen LogP contribution in [-0.2, 0) is 0 Å². The fourth-order valence-electron chi connectivity index (χ4n) is 7.55. The third-order valence-electron chi connectivity index (χ3n) is 10.2. The van der Waals surface area contributed by atoms with Gasteiger partial charge in [0.1, 0.15) is 0 Å². The summed E-state index contributed by atoms with van der Waals surface area (Å²) < 4.78 is 2.18. The number of aromatic nitrogens is 4. The van der Waals surface area contributed by atoms with Gasteiger partial charge < -0.3 is 4.57 Å². The minimum atomic E-state index is 0.300. The van der Waals surface area contributed by atoms with Crippen LogP contribution in [0.2, 0.25) is 0 Å². The van der Waals surface area contributed by atoms with E-state index in [4.69, 9.17) is 21.5 Å². The minimum Gasteiger partial charge on any atom is -0.308 e. The van der Waals surface area contributed by atoms with Gasteiger partial charge in [0.25, 0.3) is 0 Å². The van der Waals surface area contributed by atoms with Crippen LogP contribution in [-0.4, -0.2) is 19.5 Å². The minimum absolute atomic E-state index is 0.300. The highest BCUT2D eigenvalue weighted by molar-refractivity contribution is 6.11. The molecule has 0 atom stereocenters. The lowest BCUT2D eigenvalue weighted by Crippen LogP contribution is -2.05. The van der Waals surface area contributed by atoms with Gasteiger partial charge in [-0.2, -0.15) is 15.8 Å². The highest BCUT2D eigenvalue weighted by Gasteiger charge is 2.25. The average Bonchev–Trinajstić information content (AvgIpc) is 3.61. The molecule has 0 radical (unpaired) electrons. The van der Waals surface area contributed by atoms with Gasteiger partial charge in [-0.05, 0) is 61.0 Å². The zero-order valence-corrected chi connectivity index (χ0v) is 31.0. The molecule has 0 fully saturated rings. The highest BCUT2D eigenvalue weighted by atomic mass is 15.0. The molecule has 58 heavy (non-hydrogen) atoms. The van der Waals surface area contributed by atoms with Crippen molar-refractivity contribution < 1.29 is 0 Å². The number of nitrogens with zero attached hydrogens (tertiary/aromatic N) is 8. The van der Waals surface area contributed by atoms with E-state index in [1.165, 1.54) is 0 Å². The molecule has 9 aromatic rings. The molecule has 0 saturated carbocycles. The summed E-state index contributed by atoms with van der Waals surface area (Å²) in [6.07, 6.45) is 0. The number of rotatable bonds is 6. The Morgan fingerprint density at radius 3 is 1.66 bits per heavy atom. The number of hydrogen-bond acceptors (Lipinski definition) is 6. The first-order valence-corrected chi connectivity index (χ1v) is 18.4. The second-order valence-corrected chi connectivity index (χ2v) is 13.8. The molecule has 0 bridgehead atoms. The molecule has 8 nitrogen and oxygen atoms in total. The van der Waals surface area contributed by atoms with Crippen LogP contribution in [0.3, 0.4) is 0 Å². The molecular formula is C50H28N8. The Kier molecular flexibility index (Phi) is 8.77. The van der Waals surface area contributed by atoms with Gasteiger partial charge in [0.2, 0.25) is 0 Å². The van der Waals surface area contributed by atoms with Gasteiger partial charge in [0.15, 0.2) is 23.2 Å². The summed E-state index contributed by atoms with van der Waals surface area (Å²) in [6.45, 7) is 9.80. The number of aryl methyl sites for hydroxylation is 1. The van der Waals surface area contributed by atoms with Crippen molar-refractivity contribution in [2.75, 3.05) is 0 Å². The topological polar surface area (TPSA) is 119 Å². The Labute approximate surface area is 334 Å². The van der Waals surface area contributed by atoms with Crippen LogP contribution in [0.1, 0.15) is 22.3 Å². The van der Waals surface area contributed by atoms with Crippen LogP contribution in [0.5, 0.6) is 0 Å². The number of nitriles is 3. The summed E-state index contributed by atoms with van der Waals surface area (Å²) >= 11 is 0. The van der Waals surface area contributed by atoms with E-state index in [0.29, 0.717) is 73.4 Å². The molecule has 0 aliphatic heterocycles. The van der Waals surface area contributed by atoms with E-state index in [1.807, 2.05) is 84.9 Å². The van der Waals surface area contributed by atoms with E-state index in [-0.39, 0.29) is 0 Å². The number of fused-ring (bicyclic) bond motifs is 3. The maximum absolute atomic E-state index is 10.7. The number of para-hydroxylation sites is 1. The van der Waals surface area contributed by atoms with E-state index >= 15 is 0 Å². The van der Waals surface area contributed by atoms with Crippen molar-refractivity contribution in [1.82, 2.24) is 19.5 Å². The van der Waals surface area contributed by atoms with Crippen LogP contribution in [0.25, 0.3) is 88.8 Å². The standard InChI is InChI=1S/C50H28N8/c1-31-17-22-46-42(23-31)41-15-9-10-16-45(41)58(46)47-43(39-20-18-32(28-51)24-36(39)29-52)26-35(27-44(47)40-21-19-38(54-2)25-37(40)30-53)50-56-48(33-11-5-3-6-12-33)55-49(57-50)34-13-7-4-8-14-34/h3-27H,1H3. The molecule has 0 amide bonds. The van der Waals surface area contributed by atoms with Crippen LogP contribution in [0.4, 0.5) is 5.69 Å². The Balaban J connectivity index is 1.48. The molecular weight excluding hydrogens is 713 g/mol. The van der Waals surface area contributed by atoms with Crippen molar-refractivity contribution >= 4 is 27.5 Å². The van der Waals surface area contributed by atoms with E-state index in [0.717, 1.165) is 38.5 Å². The predicted molar refractivity (Wildman–Crippen MR) is 226 cm³/mol. The molecule has 0 unspecified atom stereocenters. The monoisotopic (exact) mass is 740 g/mol. The summed E-state index contributed by atoms with van der Waals surface area (Å²) in [5, 5.41) is 33.3. The van der Waals surface area contributed by atoms with Crippen LogP contribution in [0.15, 0.2) is 152 Å². The summed E-state index contributed by atoms with van der Waals surface area (Å²) in [5.74, 6) is 1.33. The Hall–Kier alpha value is -8.69. The fraction of sp³-hybridized carbons (Fsp3) is 0.0200. The average molecular weight is 741 g/mol. The Morgan fingerprint density at radius 1 is 0.500 bits per heavy atom. The first-order valence-electron chi connectivity index (χ1n) is 18.4. The first kappa shape index (κ1) is 35.0. The molecule has 268 valence electrons. The van der Waals surface area contributed by atoms with E-state index in [1.54, 1.807) is 36.4 Å². The van der Waals surface area contributed by atoms with Crippen LogP contribution < -0.4 is 0 Å². The predicted octanol–water partition coefficient (Wildman–Crippen LogP) is 11.8. The van der Waals surface area contributed by atoms with E-state index < -0.39 is 0 Å². The molecule has 0 spiro atoms. The van der Waals surface area contributed by atoms with Crippen molar-refractivity contribution in [3.63, 3.8) is 0 Å². The lowest BCUT2D eigenvalue weighted by molar-refractivity contribution is 1.07. The Bertz CT molecular complexity index is 3130. The maximum Gasteiger partial charge on any atom is 0.188 e. The molecule has 8 heteroatoms. The fourth-order valence-corrected chi connectivity index (χ4v) is 7.55. The van der Waals surface area contributed by atoms with Crippen molar-refractivity contribution in [3.8, 4) is 80.3 Å². The van der Waals surface area contributed by atoms with Gasteiger partial charge in [-0.3, -0.25) is 0 Å². The van der Waals surface area contributed by atoms with Gasteiger partial charge in [-0.25, -0.2) is 19.8 Å². The second kappa shape index (κ2) is 14.5. The van der Waals surface area contributed by atoms with Gasteiger partial charge in [0.05, 0.1) is 52.6 Å². The lowest BCUT2D eigenvalue weighted by Gasteiger charge is -2.22. The van der Waals surface area contributed by atoms with Gasteiger partial charge in [-0.1, -0.05) is 109 Å². The molecule has 0 saturated heterocycles. The molecule has 9 rings (SSSR count). The summed E-state index contributed by atoms with van der Waals surface area (Å²) in [6, 6.07) is 55.0. The normalized spacial score (nSPS) is 10.8. The van der Waals surface area contributed by atoms with Crippen molar-refractivity contribution in [2.45, 2.75) is 6.92 Å². The summed E-state index contributed by atoms with van der Waals surface area (Å²) in [5.41, 5.74) is 9.62. The molecule has 2 aromatic heterocycles. The van der Waals surface area contributed by atoms with E-state index in [2.05, 4.69) is 64.9 Å². The van der Waals surface area contributed by atoms with Crippen LogP contribution in [0, 0.1) is 47.5 Å². The molecule has 0 aliphatic rings. The lowest BCUT2D eigenvalue weighted by atomic mass is 9.88. The molecule has 2 heterocycles.